The standard InChI is InChI=1S/C38H22O/c1-2-8-26-21-33-32(20-25(26)7-1)30-12-5-9-27-19-28(22-34(33)37(27)30)23-15-17-24(18-16-23)29-11-6-14-36-38(29)31-10-3-4-13-35(31)39-36/h1-22H. The second-order valence-corrected chi connectivity index (χ2v) is 10.5. The molecule has 1 aliphatic rings. The van der Waals surface area contributed by atoms with Crippen LogP contribution in [0.15, 0.2) is 138 Å². The van der Waals surface area contributed by atoms with Gasteiger partial charge in [0.25, 0.3) is 0 Å². The van der Waals surface area contributed by atoms with E-state index in [0.717, 1.165) is 16.6 Å². The van der Waals surface area contributed by atoms with Crippen LogP contribution in [0.1, 0.15) is 0 Å². The zero-order valence-electron chi connectivity index (χ0n) is 21.1. The molecule has 0 saturated heterocycles. The van der Waals surface area contributed by atoms with E-state index in [1.54, 1.807) is 0 Å². The fourth-order valence-corrected chi connectivity index (χ4v) is 6.57. The summed E-state index contributed by atoms with van der Waals surface area (Å²) in [6.07, 6.45) is 0. The number of hydrogen-bond donors (Lipinski definition) is 0. The summed E-state index contributed by atoms with van der Waals surface area (Å²) in [6, 6.07) is 48.4. The average molecular weight is 495 g/mol. The monoisotopic (exact) mass is 494 g/mol. The lowest BCUT2D eigenvalue weighted by Crippen LogP contribution is -1.84. The molecule has 0 fully saturated rings. The van der Waals surface area contributed by atoms with E-state index < -0.39 is 0 Å². The van der Waals surface area contributed by atoms with Crippen molar-refractivity contribution in [2.24, 2.45) is 0 Å². The average Bonchev–Trinajstić information content (AvgIpc) is 3.53. The van der Waals surface area contributed by atoms with Crippen LogP contribution in [0, 0.1) is 0 Å². The van der Waals surface area contributed by atoms with Gasteiger partial charge in [0, 0.05) is 10.8 Å². The summed E-state index contributed by atoms with van der Waals surface area (Å²) in [4.78, 5) is 0. The highest BCUT2D eigenvalue weighted by molar-refractivity contribution is 6.18. The van der Waals surface area contributed by atoms with Gasteiger partial charge in [-0.05, 0) is 102 Å². The van der Waals surface area contributed by atoms with E-state index in [2.05, 4.69) is 121 Å². The summed E-state index contributed by atoms with van der Waals surface area (Å²) >= 11 is 0. The van der Waals surface area contributed by atoms with Crippen molar-refractivity contribution < 1.29 is 4.42 Å². The lowest BCUT2D eigenvalue weighted by Gasteiger charge is -2.10. The molecule has 180 valence electrons. The van der Waals surface area contributed by atoms with Gasteiger partial charge in [0.2, 0.25) is 0 Å². The summed E-state index contributed by atoms with van der Waals surface area (Å²) in [7, 11) is 0. The van der Waals surface area contributed by atoms with Gasteiger partial charge in [-0.1, -0.05) is 97.1 Å². The number of hydrogen-bond acceptors (Lipinski definition) is 1. The Morgan fingerprint density at radius 2 is 0.974 bits per heavy atom. The van der Waals surface area contributed by atoms with E-state index in [0.29, 0.717) is 0 Å². The fourth-order valence-electron chi connectivity index (χ4n) is 6.57. The molecule has 0 amide bonds. The van der Waals surface area contributed by atoms with E-state index in [4.69, 9.17) is 4.42 Å². The predicted molar refractivity (Wildman–Crippen MR) is 164 cm³/mol. The van der Waals surface area contributed by atoms with Crippen LogP contribution in [-0.4, -0.2) is 0 Å². The number of benzene rings is 7. The lowest BCUT2D eigenvalue weighted by molar-refractivity contribution is 0.669. The van der Waals surface area contributed by atoms with E-state index in [-0.39, 0.29) is 0 Å². The second kappa shape index (κ2) is 7.69. The van der Waals surface area contributed by atoms with Gasteiger partial charge in [0.1, 0.15) is 11.2 Å². The van der Waals surface area contributed by atoms with Gasteiger partial charge in [-0.15, -0.1) is 0 Å². The number of rotatable bonds is 2. The third-order valence-electron chi connectivity index (χ3n) is 8.37. The number of fused-ring (bicyclic) bond motifs is 7. The first kappa shape index (κ1) is 20.9. The molecule has 7 aromatic carbocycles. The molecule has 0 N–H and O–H groups in total. The summed E-state index contributed by atoms with van der Waals surface area (Å²) in [6.45, 7) is 0. The topological polar surface area (TPSA) is 13.1 Å². The maximum absolute atomic E-state index is 6.13. The van der Waals surface area contributed by atoms with Crippen molar-refractivity contribution in [2.45, 2.75) is 0 Å². The summed E-state index contributed by atoms with van der Waals surface area (Å²) in [5, 5.41) is 7.56. The van der Waals surface area contributed by atoms with E-state index in [1.165, 1.54) is 71.4 Å². The van der Waals surface area contributed by atoms with Crippen LogP contribution in [0.2, 0.25) is 0 Å². The number of furan rings is 1. The highest BCUT2D eigenvalue weighted by Crippen LogP contribution is 2.50. The molecule has 1 aliphatic carbocycles. The molecule has 0 saturated carbocycles. The molecule has 0 unspecified atom stereocenters. The van der Waals surface area contributed by atoms with Crippen LogP contribution < -0.4 is 0 Å². The zero-order valence-corrected chi connectivity index (χ0v) is 21.1. The predicted octanol–water partition coefficient (Wildman–Crippen LogP) is 10.9. The van der Waals surface area contributed by atoms with Crippen LogP contribution >= 0.6 is 0 Å². The fraction of sp³-hybridized carbons (Fsp3) is 0. The Morgan fingerprint density at radius 3 is 1.82 bits per heavy atom. The normalized spacial score (nSPS) is 12.1. The van der Waals surface area contributed by atoms with Gasteiger partial charge < -0.3 is 4.42 Å². The number of para-hydroxylation sites is 1. The third-order valence-corrected chi connectivity index (χ3v) is 8.37. The molecule has 1 heteroatoms. The zero-order chi connectivity index (χ0) is 25.5. The molecule has 1 nitrogen and oxygen atoms in total. The largest absolute Gasteiger partial charge is 0.456 e. The Balaban J connectivity index is 1.20. The molecule has 0 spiro atoms. The molecule has 0 atom stereocenters. The molecular weight excluding hydrogens is 472 g/mol. The van der Waals surface area contributed by atoms with Crippen LogP contribution in [0.25, 0.3) is 88.0 Å². The summed E-state index contributed by atoms with van der Waals surface area (Å²) in [5.74, 6) is 0. The van der Waals surface area contributed by atoms with Crippen molar-refractivity contribution in [3.8, 4) is 44.5 Å². The molecule has 8 aromatic rings. The van der Waals surface area contributed by atoms with Crippen molar-refractivity contribution in [3.63, 3.8) is 0 Å². The van der Waals surface area contributed by atoms with Crippen molar-refractivity contribution in [3.05, 3.63) is 133 Å². The van der Waals surface area contributed by atoms with Crippen LogP contribution in [0.5, 0.6) is 0 Å². The third kappa shape index (κ3) is 2.96. The van der Waals surface area contributed by atoms with Crippen molar-refractivity contribution in [1.29, 1.82) is 0 Å². The van der Waals surface area contributed by atoms with Crippen LogP contribution in [0.4, 0.5) is 0 Å². The summed E-state index contributed by atoms with van der Waals surface area (Å²) in [5.41, 5.74) is 12.1. The molecule has 0 bridgehead atoms. The van der Waals surface area contributed by atoms with E-state index in [1.807, 2.05) is 12.1 Å². The Labute approximate surface area is 225 Å². The van der Waals surface area contributed by atoms with Crippen molar-refractivity contribution >= 4 is 43.5 Å². The Hall–Kier alpha value is -5.14. The molecule has 39 heavy (non-hydrogen) atoms. The smallest absolute Gasteiger partial charge is 0.136 e. The SMILES string of the molecule is c1ccc2cc3c(cc2c1)-c1cccc2cc(-c4ccc(-c5cccc6oc7ccccc7c56)cc4)cc-3c12. The minimum absolute atomic E-state index is 0.928. The molecule has 1 aromatic heterocycles. The quantitative estimate of drug-likeness (QED) is 0.233. The molecule has 9 rings (SSSR count). The lowest BCUT2D eigenvalue weighted by atomic mass is 9.94. The van der Waals surface area contributed by atoms with E-state index in [9.17, 15) is 0 Å². The van der Waals surface area contributed by atoms with Crippen molar-refractivity contribution in [1.82, 2.24) is 0 Å². The minimum atomic E-state index is 0.928. The Kier molecular flexibility index (Phi) is 4.11. The minimum Gasteiger partial charge on any atom is -0.456 e. The first-order valence-corrected chi connectivity index (χ1v) is 13.4. The highest BCUT2D eigenvalue weighted by Gasteiger charge is 2.23. The molecule has 0 aliphatic heterocycles. The highest BCUT2D eigenvalue weighted by atomic mass is 16.3. The van der Waals surface area contributed by atoms with Gasteiger partial charge in [0.15, 0.2) is 0 Å². The van der Waals surface area contributed by atoms with Gasteiger partial charge in [-0.2, -0.15) is 0 Å². The Bertz CT molecular complexity index is 2260. The molecule has 1 heterocycles. The van der Waals surface area contributed by atoms with E-state index >= 15 is 0 Å². The first-order valence-electron chi connectivity index (χ1n) is 13.4. The second-order valence-electron chi connectivity index (χ2n) is 10.5. The first-order chi connectivity index (χ1) is 19.3. The van der Waals surface area contributed by atoms with Gasteiger partial charge >= 0.3 is 0 Å². The van der Waals surface area contributed by atoms with Crippen LogP contribution in [0.3, 0.4) is 0 Å². The van der Waals surface area contributed by atoms with Crippen molar-refractivity contribution in [2.75, 3.05) is 0 Å². The van der Waals surface area contributed by atoms with Gasteiger partial charge in [-0.25, -0.2) is 0 Å². The Morgan fingerprint density at radius 1 is 0.333 bits per heavy atom. The molecular formula is C38H22O. The molecule has 0 radical (unpaired) electrons. The maximum atomic E-state index is 6.13. The maximum Gasteiger partial charge on any atom is 0.136 e. The summed E-state index contributed by atoms with van der Waals surface area (Å²) < 4.78 is 6.13. The van der Waals surface area contributed by atoms with Gasteiger partial charge in [0.05, 0.1) is 0 Å². The van der Waals surface area contributed by atoms with Crippen LogP contribution in [-0.2, 0) is 0 Å². The van der Waals surface area contributed by atoms with Gasteiger partial charge in [-0.3, -0.25) is 0 Å².